The number of anilines is 2. The van der Waals surface area contributed by atoms with Gasteiger partial charge in [-0.15, -0.1) is 23.1 Å². The van der Waals surface area contributed by atoms with Crippen LogP contribution in [0.2, 0.25) is 0 Å². The van der Waals surface area contributed by atoms with Crippen molar-refractivity contribution in [3.05, 3.63) is 80.6 Å². The molecular formula is C47H57N13O6S2. The number of hydrogen-bond acceptors (Lipinski definition) is 13. The lowest BCUT2D eigenvalue weighted by atomic mass is 9.84. The monoisotopic (exact) mass is 963 g/mol. The third kappa shape index (κ3) is 10.1. The highest BCUT2D eigenvalue weighted by atomic mass is 32.2. The van der Waals surface area contributed by atoms with Crippen LogP contribution < -0.4 is 26.8 Å². The second kappa shape index (κ2) is 20.7. The SMILES string of the molecule is CCc1nc(C)sc1C(=O)Nc1nc2cc(C(N)=O)cc(SC)c2n1C/C=C/Cn1c(NC(=O)c2cc(C)nn2CC)nc2cc(C(N)=O)cc(OCCCN3CCN(C(=O)C4CCC4)CC3)c21. The maximum absolute atomic E-state index is 13.9. The molecule has 0 bridgehead atoms. The molecule has 5 amide bonds. The number of carbonyl (C=O) groups is 5. The van der Waals surface area contributed by atoms with Gasteiger partial charge in [0.2, 0.25) is 29.6 Å². The number of aryl methyl sites for hydroxylation is 4. The predicted octanol–water partition coefficient (Wildman–Crippen LogP) is 5.63. The molecule has 0 atom stereocenters. The fourth-order valence-electron chi connectivity index (χ4n) is 8.67. The van der Waals surface area contributed by atoms with Gasteiger partial charge in [0, 0.05) is 74.3 Å². The molecule has 2 aliphatic rings. The number of thiazole rings is 1. The van der Waals surface area contributed by atoms with E-state index >= 15 is 0 Å². The van der Waals surface area contributed by atoms with E-state index in [9.17, 15) is 24.0 Å². The molecule has 19 nitrogen and oxygen atoms in total. The maximum Gasteiger partial charge on any atom is 0.276 e. The Kier molecular flexibility index (Phi) is 14.6. The molecule has 1 aliphatic carbocycles. The Balaban J connectivity index is 1.09. The summed E-state index contributed by atoms with van der Waals surface area (Å²) < 4.78 is 11.8. The quantitative estimate of drug-likeness (QED) is 0.0439. The summed E-state index contributed by atoms with van der Waals surface area (Å²) in [6.07, 6.45) is 10.1. The first-order valence-electron chi connectivity index (χ1n) is 22.9. The molecule has 358 valence electrons. The van der Waals surface area contributed by atoms with Gasteiger partial charge in [0.05, 0.1) is 39.6 Å². The Morgan fingerprint density at radius 2 is 1.47 bits per heavy atom. The number of aromatic nitrogens is 7. The lowest BCUT2D eigenvalue weighted by Crippen LogP contribution is -2.51. The Morgan fingerprint density at radius 3 is 2.07 bits per heavy atom. The van der Waals surface area contributed by atoms with E-state index in [1.807, 2.05) is 55.6 Å². The standard InChI is InChI=1S/C47H57N13O6S2/c1-6-32-40(68-28(4)50-32)44(64)54-47-52-34-24-31(42(49)62)26-37(67-5)39(34)59(47)16-9-8-15-58-38-33(51-46(58)53-43(63)35-22-27(3)55-60(35)7-2)23-30(41(48)61)25-36(38)66-21-11-14-56-17-19-57(20-18-56)45(65)29-12-10-13-29/h8-9,22-26,29H,6-7,10-21H2,1-5H3,(H2,48,61)(H2,49,62)(H,51,53,63)(H,52,54,64)/b9-8+. The van der Waals surface area contributed by atoms with E-state index in [1.165, 1.54) is 23.1 Å². The minimum atomic E-state index is -0.659. The molecule has 6 aromatic rings. The third-order valence-corrected chi connectivity index (χ3v) is 14.2. The number of nitrogens with zero attached hydrogens (tertiary/aromatic N) is 9. The van der Waals surface area contributed by atoms with Gasteiger partial charge < -0.3 is 30.2 Å². The summed E-state index contributed by atoms with van der Waals surface area (Å²) in [5.41, 5.74) is 15.9. The van der Waals surface area contributed by atoms with Gasteiger partial charge in [-0.25, -0.2) is 15.0 Å². The van der Waals surface area contributed by atoms with Crippen LogP contribution in [0.4, 0.5) is 11.9 Å². The molecule has 68 heavy (non-hydrogen) atoms. The van der Waals surface area contributed by atoms with Crippen molar-refractivity contribution in [1.29, 1.82) is 0 Å². The van der Waals surface area contributed by atoms with Crippen molar-refractivity contribution in [2.45, 2.75) is 84.3 Å². The minimum absolute atomic E-state index is 0.184. The third-order valence-electron chi connectivity index (χ3n) is 12.4. The average Bonchev–Trinajstić information content (AvgIpc) is 4.07. The smallest absolute Gasteiger partial charge is 0.276 e. The number of primary amides is 2. The fraction of sp³-hybridized carbons (Fsp3) is 0.426. The van der Waals surface area contributed by atoms with Gasteiger partial charge in [0.1, 0.15) is 21.8 Å². The van der Waals surface area contributed by atoms with Gasteiger partial charge in [-0.05, 0) is 83.0 Å². The Bertz CT molecular complexity index is 2940. The van der Waals surface area contributed by atoms with E-state index in [0.717, 1.165) is 48.8 Å². The molecule has 5 heterocycles. The molecular weight excluding hydrogens is 907 g/mol. The minimum Gasteiger partial charge on any atom is -0.491 e. The molecule has 0 radical (unpaired) electrons. The van der Waals surface area contributed by atoms with Crippen LogP contribution in [-0.2, 0) is 30.8 Å². The van der Waals surface area contributed by atoms with E-state index in [2.05, 4.69) is 25.6 Å². The number of hydrogen-bond donors (Lipinski definition) is 4. The molecule has 0 spiro atoms. The summed E-state index contributed by atoms with van der Waals surface area (Å²) in [6, 6.07) is 8.21. The van der Waals surface area contributed by atoms with Crippen LogP contribution in [0.15, 0.2) is 47.4 Å². The number of piperazine rings is 1. The number of rotatable bonds is 19. The van der Waals surface area contributed by atoms with Crippen LogP contribution in [0.1, 0.15) is 96.8 Å². The van der Waals surface area contributed by atoms with Crippen molar-refractivity contribution < 1.29 is 28.7 Å². The number of nitrogens with one attached hydrogen (secondary N) is 2. The lowest BCUT2D eigenvalue weighted by molar-refractivity contribution is -0.140. The highest BCUT2D eigenvalue weighted by molar-refractivity contribution is 7.98. The molecule has 1 aliphatic heterocycles. The number of nitrogens with two attached hydrogens (primary N) is 2. The number of allylic oxidation sites excluding steroid dienone is 2. The van der Waals surface area contributed by atoms with Crippen molar-refractivity contribution in [3.63, 3.8) is 0 Å². The van der Waals surface area contributed by atoms with Crippen molar-refractivity contribution in [1.82, 2.24) is 43.7 Å². The van der Waals surface area contributed by atoms with Gasteiger partial charge in [-0.1, -0.05) is 25.5 Å². The summed E-state index contributed by atoms with van der Waals surface area (Å²) in [5.74, 6) is -0.719. The van der Waals surface area contributed by atoms with Crippen LogP contribution in [-0.4, -0.2) is 119 Å². The summed E-state index contributed by atoms with van der Waals surface area (Å²) in [4.78, 5) is 85.2. The van der Waals surface area contributed by atoms with Crippen LogP contribution in [0, 0.1) is 19.8 Å². The second-order valence-corrected chi connectivity index (χ2v) is 19.0. The Hall–Kier alpha value is -6.58. The number of amides is 5. The van der Waals surface area contributed by atoms with Crippen molar-refractivity contribution in [2.75, 3.05) is 56.2 Å². The van der Waals surface area contributed by atoms with Crippen LogP contribution >= 0.6 is 23.1 Å². The molecule has 0 unspecified atom stereocenters. The number of ether oxygens (including phenoxy) is 1. The number of carbonyl (C=O) groups excluding carboxylic acids is 5. The second-order valence-electron chi connectivity index (χ2n) is 16.9. The van der Waals surface area contributed by atoms with Gasteiger partial charge in [-0.3, -0.25) is 44.2 Å². The fourth-order valence-corrected chi connectivity index (χ4v) is 10.2. The molecule has 21 heteroatoms. The van der Waals surface area contributed by atoms with Crippen molar-refractivity contribution in [3.8, 4) is 5.75 Å². The Morgan fingerprint density at radius 1 is 0.838 bits per heavy atom. The maximum atomic E-state index is 13.9. The van der Waals surface area contributed by atoms with Gasteiger partial charge in [0.15, 0.2) is 0 Å². The van der Waals surface area contributed by atoms with Crippen LogP contribution in [0.25, 0.3) is 22.1 Å². The Labute approximate surface area is 401 Å². The van der Waals surface area contributed by atoms with Crippen molar-refractivity contribution >= 4 is 86.6 Å². The zero-order valence-electron chi connectivity index (χ0n) is 39.0. The highest BCUT2D eigenvalue weighted by Crippen LogP contribution is 2.34. The summed E-state index contributed by atoms with van der Waals surface area (Å²) in [7, 11) is 0. The summed E-state index contributed by atoms with van der Waals surface area (Å²) in [5, 5.41) is 11.2. The number of imidazole rings is 2. The molecule has 2 fully saturated rings. The van der Waals surface area contributed by atoms with Crippen molar-refractivity contribution in [2.24, 2.45) is 17.4 Å². The molecule has 1 saturated heterocycles. The zero-order chi connectivity index (χ0) is 48.2. The van der Waals surface area contributed by atoms with Gasteiger partial charge in [-0.2, -0.15) is 5.10 Å². The highest BCUT2D eigenvalue weighted by Gasteiger charge is 2.31. The van der Waals surface area contributed by atoms with Crippen LogP contribution in [0.3, 0.4) is 0 Å². The molecule has 2 aromatic carbocycles. The first kappa shape index (κ1) is 47.9. The van der Waals surface area contributed by atoms with E-state index in [-0.39, 0.29) is 53.8 Å². The van der Waals surface area contributed by atoms with E-state index < -0.39 is 17.7 Å². The largest absolute Gasteiger partial charge is 0.491 e. The molecule has 4 aromatic heterocycles. The number of thioether (sulfide) groups is 1. The number of benzene rings is 2. The van der Waals surface area contributed by atoms with Crippen LogP contribution in [0.5, 0.6) is 5.75 Å². The summed E-state index contributed by atoms with van der Waals surface area (Å²) in [6.45, 7) is 12.5. The van der Waals surface area contributed by atoms with E-state index in [0.29, 0.717) is 88.9 Å². The molecule has 1 saturated carbocycles. The lowest BCUT2D eigenvalue weighted by Gasteiger charge is -2.38. The summed E-state index contributed by atoms with van der Waals surface area (Å²) >= 11 is 2.73. The zero-order valence-corrected chi connectivity index (χ0v) is 40.6. The molecule has 8 rings (SSSR count). The topological polar surface area (TPSA) is 244 Å². The first-order valence-corrected chi connectivity index (χ1v) is 24.9. The van der Waals surface area contributed by atoms with E-state index in [4.69, 9.17) is 26.2 Å². The first-order chi connectivity index (χ1) is 32.8. The predicted molar refractivity (Wildman–Crippen MR) is 263 cm³/mol. The number of fused-ring (bicyclic) bond motifs is 2. The average molecular weight is 964 g/mol. The molecule has 6 N–H and O–H groups in total. The van der Waals surface area contributed by atoms with Gasteiger partial charge >= 0.3 is 0 Å². The van der Waals surface area contributed by atoms with E-state index in [1.54, 1.807) is 39.6 Å². The normalized spacial score (nSPS) is 14.5. The van der Waals surface area contributed by atoms with Gasteiger partial charge in [0.25, 0.3) is 11.8 Å².